The predicted octanol–water partition coefficient (Wildman–Crippen LogP) is 2.99. The molecule has 0 fully saturated rings. The van der Waals surface area contributed by atoms with Crippen LogP contribution in [0.25, 0.3) is 0 Å². The SMILES string of the molecule is Cc1cc(NC(=O)CSc2cc(F)ccc2F)on1. The van der Waals surface area contributed by atoms with Crippen molar-refractivity contribution in [2.45, 2.75) is 11.8 Å². The van der Waals surface area contributed by atoms with Gasteiger partial charge < -0.3 is 4.52 Å². The molecule has 0 unspecified atom stereocenters. The third-order valence-electron chi connectivity index (χ3n) is 2.14. The second-order valence-electron chi connectivity index (χ2n) is 3.74. The maximum absolute atomic E-state index is 13.3. The van der Waals surface area contributed by atoms with E-state index >= 15 is 0 Å². The number of hydrogen-bond acceptors (Lipinski definition) is 4. The van der Waals surface area contributed by atoms with Crippen molar-refractivity contribution >= 4 is 23.6 Å². The first-order valence-corrected chi connectivity index (χ1v) is 6.34. The average molecular weight is 284 g/mol. The molecule has 2 aromatic rings. The molecule has 0 aliphatic rings. The molecule has 7 heteroatoms. The minimum absolute atomic E-state index is 0.0554. The molecule has 19 heavy (non-hydrogen) atoms. The van der Waals surface area contributed by atoms with Crippen LogP contribution in [-0.4, -0.2) is 16.8 Å². The molecular weight excluding hydrogens is 274 g/mol. The summed E-state index contributed by atoms with van der Waals surface area (Å²) in [6.07, 6.45) is 0. The Kier molecular flexibility index (Phi) is 4.16. The second-order valence-corrected chi connectivity index (χ2v) is 4.76. The van der Waals surface area contributed by atoms with Gasteiger partial charge in [-0.05, 0) is 25.1 Å². The molecular formula is C12H10F2N2O2S. The van der Waals surface area contributed by atoms with Crippen molar-refractivity contribution in [3.05, 3.63) is 41.6 Å². The van der Waals surface area contributed by atoms with Crippen LogP contribution in [0.1, 0.15) is 5.69 Å². The molecule has 0 radical (unpaired) electrons. The molecule has 0 spiro atoms. The lowest BCUT2D eigenvalue weighted by atomic mass is 10.3. The first-order chi connectivity index (χ1) is 9.04. The summed E-state index contributed by atoms with van der Waals surface area (Å²) in [4.78, 5) is 11.6. The molecule has 0 bridgehead atoms. The van der Waals surface area contributed by atoms with Gasteiger partial charge in [0, 0.05) is 11.0 Å². The van der Waals surface area contributed by atoms with Crippen molar-refractivity contribution in [2.75, 3.05) is 11.1 Å². The highest BCUT2D eigenvalue weighted by Crippen LogP contribution is 2.22. The van der Waals surface area contributed by atoms with Gasteiger partial charge in [-0.2, -0.15) is 0 Å². The second kappa shape index (κ2) is 5.83. The maximum Gasteiger partial charge on any atom is 0.237 e. The Labute approximate surface area is 112 Å². The lowest BCUT2D eigenvalue weighted by Crippen LogP contribution is -2.13. The van der Waals surface area contributed by atoms with E-state index in [1.54, 1.807) is 13.0 Å². The van der Waals surface area contributed by atoms with Crippen LogP contribution in [0, 0.1) is 18.6 Å². The fraction of sp³-hybridized carbons (Fsp3) is 0.167. The number of benzene rings is 1. The van der Waals surface area contributed by atoms with E-state index in [4.69, 9.17) is 4.52 Å². The Bertz CT molecular complexity index is 601. The summed E-state index contributed by atoms with van der Waals surface area (Å²) in [6.45, 7) is 1.72. The number of thioether (sulfide) groups is 1. The molecule has 100 valence electrons. The summed E-state index contributed by atoms with van der Waals surface area (Å²) >= 11 is 0.906. The first kappa shape index (κ1) is 13.5. The van der Waals surface area contributed by atoms with E-state index in [1.165, 1.54) is 0 Å². The molecule has 1 N–H and O–H groups in total. The topological polar surface area (TPSA) is 55.1 Å². The van der Waals surface area contributed by atoms with Crippen LogP contribution >= 0.6 is 11.8 Å². The summed E-state index contributed by atoms with van der Waals surface area (Å²) in [6, 6.07) is 4.66. The minimum atomic E-state index is -0.560. The number of aromatic nitrogens is 1. The zero-order chi connectivity index (χ0) is 13.8. The van der Waals surface area contributed by atoms with Gasteiger partial charge in [0.1, 0.15) is 11.6 Å². The minimum Gasteiger partial charge on any atom is -0.338 e. The van der Waals surface area contributed by atoms with Crippen molar-refractivity contribution in [1.29, 1.82) is 0 Å². The molecule has 1 aromatic carbocycles. The summed E-state index contributed by atoms with van der Waals surface area (Å²) in [5.74, 6) is -1.32. The van der Waals surface area contributed by atoms with Gasteiger partial charge in [0.25, 0.3) is 0 Å². The van der Waals surface area contributed by atoms with Gasteiger partial charge in [0.2, 0.25) is 11.8 Å². The van der Waals surface area contributed by atoms with Crippen molar-refractivity contribution in [2.24, 2.45) is 0 Å². The number of halogens is 2. The Morgan fingerprint density at radius 2 is 2.21 bits per heavy atom. The number of anilines is 1. The normalized spacial score (nSPS) is 10.5. The number of carbonyl (C=O) groups excluding carboxylic acids is 1. The molecule has 1 amide bonds. The molecule has 0 aliphatic heterocycles. The highest BCUT2D eigenvalue weighted by Gasteiger charge is 2.10. The molecule has 0 saturated heterocycles. The third kappa shape index (κ3) is 3.78. The lowest BCUT2D eigenvalue weighted by Gasteiger charge is -2.03. The maximum atomic E-state index is 13.3. The molecule has 4 nitrogen and oxygen atoms in total. The van der Waals surface area contributed by atoms with E-state index < -0.39 is 11.6 Å². The van der Waals surface area contributed by atoms with Gasteiger partial charge in [0.15, 0.2) is 0 Å². The number of rotatable bonds is 4. The molecule has 0 saturated carbocycles. The van der Waals surface area contributed by atoms with Gasteiger partial charge in [-0.3, -0.25) is 10.1 Å². The van der Waals surface area contributed by atoms with Gasteiger partial charge in [-0.25, -0.2) is 8.78 Å². The van der Waals surface area contributed by atoms with Crippen LogP contribution in [0.3, 0.4) is 0 Å². The van der Waals surface area contributed by atoms with Gasteiger partial charge in [-0.1, -0.05) is 5.16 Å². The van der Waals surface area contributed by atoms with E-state index in [2.05, 4.69) is 10.5 Å². The smallest absolute Gasteiger partial charge is 0.237 e. The number of amides is 1. The van der Waals surface area contributed by atoms with Crippen LogP contribution in [0.15, 0.2) is 33.7 Å². The van der Waals surface area contributed by atoms with Crippen LogP contribution in [0.4, 0.5) is 14.7 Å². The Balaban J connectivity index is 1.91. The van der Waals surface area contributed by atoms with Crippen LogP contribution in [0.5, 0.6) is 0 Å². The van der Waals surface area contributed by atoms with Crippen molar-refractivity contribution in [3.63, 3.8) is 0 Å². The summed E-state index contributed by atoms with van der Waals surface area (Å²) in [5, 5.41) is 6.07. The lowest BCUT2D eigenvalue weighted by molar-refractivity contribution is -0.113. The average Bonchev–Trinajstić information content (AvgIpc) is 2.76. The highest BCUT2D eigenvalue weighted by atomic mass is 32.2. The summed E-state index contributed by atoms with van der Waals surface area (Å²) < 4.78 is 31.0. The van der Waals surface area contributed by atoms with Crippen molar-refractivity contribution < 1.29 is 18.1 Å². The Morgan fingerprint density at radius 1 is 1.42 bits per heavy atom. The van der Waals surface area contributed by atoms with Crippen LogP contribution < -0.4 is 5.32 Å². The number of carbonyl (C=O) groups is 1. The van der Waals surface area contributed by atoms with E-state index in [9.17, 15) is 13.6 Å². The molecule has 0 aliphatic carbocycles. The zero-order valence-electron chi connectivity index (χ0n) is 9.94. The Morgan fingerprint density at radius 3 is 2.89 bits per heavy atom. The number of nitrogens with zero attached hydrogens (tertiary/aromatic N) is 1. The first-order valence-electron chi connectivity index (χ1n) is 5.35. The number of hydrogen-bond donors (Lipinski definition) is 1. The van der Waals surface area contributed by atoms with Crippen molar-refractivity contribution in [1.82, 2.24) is 5.16 Å². The fourth-order valence-corrected chi connectivity index (χ4v) is 2.09. The molecule has 0 atom stereocenters. The van der Waals surface area contributed by atoms with Crippen LogP contribution in [0.2, 0.25) is 0 Å². The molecule has 1 aromatic heterocycles. The van der Waals surface area contributed by atoms with Crippen LogP contribution in [-0.2, 0) is 4.79 Å². The highest BCUT2D eigenvalue weighted by molar-refractivity contribution is 8.00. The molecule has 1 heterocycles. The fourth-order valence-electron chi connectivity index (χ4n) is 1.33. The predicted molar refractivity (Wildman–Crippen MR) is 67.0 cm³/mol. The van der Waals surface area contributed by atoms with E-state index in [0.717, 1.165) is 30.0 Å². The standard InChI is InChI=1S/C12H10F2N2O2S/c1-7-4-12(18-16-7)15-11(17)6-19-10-5-8(13)2-3-9(10)14/h2-5H,6H2,1H3,(H,15,17). The van der Waals surface area contributed by atoms with Crippen molar-refractivity contribution in [3.8, 4) is 0 Å². The summed E-state index contributed by atoms with van der Waals surface area (Å²) in [7, 11) is 0. The van der Waals surface area contributed by atoms with Gasteiger partial charge >= 0.3 is 0 Å². The van der Waals surface area contributed by atoms with Gasteiger partial charge in [0.05, 0.1) is 11.4 Å². The number of aryl methyl sites for hydroxylation is 1. The zero-order valence-corrected chi connectivity index (χ0v) is 10.8. The summed E-state index contributed by atoms with van der Waals surface area (Å²) in [5.41, 5.74) is 0.638. The van der Waals surface area contributed by atoms with E-state index in [-0.39, 0.29) is 22.4 Å². The quantitative estimate of drug-likeness (QED) is 0.877. The molecule has 2 rings (SSSR count). The largest absolute Gasteiger partial charge is 0.338 e. The van der Waals surface area contributed by atoms with E-state index in [1.807, 2.05) is 0 Å². The third-order valence-corrected chi connectivity index (χ3v) is 3.17. The van der Waals surface area contributed by atoms with E-state index in [0.29, 0.717) is 5.69 Å². The van der Waals surface area contributed by atoms with Gasteiger partial charge in [-0.15, -0.1) is 11.8 Å². The Hall–Kier alpha value is -1.89. The monoisotopic (exact) mass is 284 g/mol. The number of nitrogens with one attached hydrogen (secondary N) is 1.